The van der Waals surface area contributed by atoms with Crippen LogP contribution in [0.2, 0.25) is 0 Å². The fraction of sp³-hybridized carbons (Fsp3) is 0.100. The highest BCUT2D eigenvalue weighted by molar-refractivity contribution is 14.2. The lowest BCUT2D eigenvalue weighted by Crippen LogP contribution is -2.00. The molecule has 2 nitrogen and oxygen atoms in total. The van der Waals surface area contributed by atoms with Crippen LogP contribution in [0, 0.1) is 0 Å². The summed E-state index contributed by atoms with van der Waals surface area (Å²) in [5.74, 6) is 0.287. The fourth-order valence-electron chi connectivity index (χ4n) is 0.944. The van der Waals surface area contributed by atoms with Gasteiger partial charge in [0.05, 0.1) is 1.59 Å². The Kier molecular flexibility index (Phi) is 5.82. The molecule has 1 rings (SSSR count). The van der Waals surface area contributed by atoms with E-state index in [2.05, 4.69) is 67.8 Å². The molecule has 15 heavy (non-hydrogen) atoms. The number of carbonyl (C=O) groups is 1. The Labute approximate surface area is 129 Å². The lowest BCUT2D eigenvalue weighted by molar-refractivity contribution is -0.131. The molecule has 80 valence electrons. The molecule has 0 aromatic heterocycles. The van der Waals surface area contributed by atoms with Crippen LogP contribution in [0.25, 0.3) is 3.58 Å². The maximum Gasteiger partial charge on any atom is 0.308 e. The van der Waals surface area contributed by atoms with E-state index in [4.69, 9.17) is 4.74 Å². The summed E-state index contributed by atoms with van der Waals surface area (Å²) in [5.41, 5.74) is 1.13. The zero-order chi connectivity index (χ0) is 11.4. The van der Waals surface area contributed by atoms with Crippen LogP contribution in [-0.4, -0.2) is 5.97 Å². The summed E-state index contributed by atoms with van der Waals surface area (Å²) in [7, 11) is 0. The monoisotopic (exact) mass is 540 g/mol. The molecule has 0 radical (unpaired) electrons. The zero-order valence-electron chi connectivity index (χ0n) is 7.76. The standard InChI is InChI=1S/C10H7I3O2/c1-6(14)15-8-4-2-7(3-5-8)9(11)10(12)13/h2-5H,1H3. The second-order valence-corrected chi connectivity index (χ2v) is 7.99. The number of halogens is 3. The van der Waals surface area contributed by atoms with Crippen molar-refractivity contribution >= 4 is 77.3 Å². The van der Waals surface area contributed by atoms with E-state index >= 15 is 0 Å². The van der Waals surface area contributed by atoms with Gasteiger partial charge in [0.25, 0.3) is 0 Å². The summed E-state index contributed by atoms with van der Waals surface area (Å²) in [6, 6.07) is 7.48. The molecule has 5 heteroatoms. The highest BCUT2D eigenvalue weighted by atomic mass is 127. The van der Waals surface area contributed by atoms with Crippen LogP contribution in [0.15, 0.2) is 25.9 Å². The van der Waals surface area contributed by atoms with Crippen LogP contribution < -0.4 is 4.74 Å². The number of ether oxygens (including phenoxy) is 1. The van der Waals surface area contributed by atoms with Gasteiger partial charge >= 0.3 is 5.97 Å². The van der Waals surface area contributed by atoms with Crippen LogP contribution >= 0.6 is 67.8 Å². The van der Waals surface area contributed by atoms with Crippen molar-refractivity contribution in [2.45, 2.75) is 6.92 Å². The van der Waals surface area contributed by atoms with Crippen LogP contribution in [0.4, 0.5) is 0 Å². The number of hydrogen-bond acceptors (Lipinski definition) is 2. The zero-order valence-corrected chi connectivity index (χ0v) is 14.2. The third kappa shape index (κ3) is 4.55. The molecule has 0 bridgehead atoms. The van der Waals surface area contributed by atoms with Gasteiger partial charge in [-0.05, 0) is 85.5 Å². The summed E-state index contributed by atoms with van der Waals surface area (Å²) in [6.45, 7) is 1.39. The van der Waals surface area contributed by atoms with E-state index in [1.54, 1.807) is 12.1 Å². The molecule has 0 heterocycles. The van der Waals surface area contributed by atoms with Gasteiger partial charge in [-0.2, -0.15) is 0 Å². The molecule has 0 atom stereocenters. The van der Waals surface area contributed by atoms with Crippen molar-refractivity contribution in [3.8, 4) is 5.75 Å². The Morgan fingerprint density at radius 1 is 1.13 bits per heavy atom. The van der Waals surface area contributed by atoms with Gasteiger partial charge in [0.1, 0.15) is 5.75 Å². The molecule has 0 spiro atoms. The van der Waals surface area contributed by atoms with Crippen molar-refractivity contribution in [1.29, 1.82) is 0 Å². The van der Waals surface area contributed by atoms with Crippen LogP contribution in [-0.2, 0) is 4.79 Å². The first-order valence-electron chi connectivity index (χ1n) is 4.00. The molecule has 1 aromatic rings. The van der Waals surface area contributed by atoms with Gasteiger partial charge < -0.3 is 4.74 Å². The van der Waals surface area contributed by atoms with Gasteiger partial charge in [-0.25, -0.2) is 0 Å². The van der Waals surface area contributed by atoms with E-state index < -0.39 is 0 Å². The molecular weight excluding hydrogens is 533 g/mol. The topological polar surface area (TPSA) is 26.3 Å². The third-order valence-corrected chi connectivity index (χ3v) is 5.84. The van der Waals surface area contributed by atoms with E-state index in [1.807, 2.05) is 12.1 Å². The smallest absolute Gasteiger partial charge is 0.308 e. The molecular formula is C10H7I3O2. The van der Waals surface area contributed by atoms with E-state index in [0.717, 1.165) is 5.56 Å². The highest BCUT2D eigenvalue weighted by Crippen LogP contribution is 2.34. The average molecular weight is 540 g/mol. The van der Waals surface area contributed by atoms with Gasteiger partial charge in [0.2, 0.25) is 0 Å². The SMILES string of the molecule is CC(=O)Oc1ccc(C(I)=C(I)I)cc1. The second-order valence-electron chi connectivity index (χ2n) is 2.69. The van der Waals surface area contributed by atoms with Crippen LogP contribution in [0.1, 0.15) is 12.5 Å². The first-order valence-corrected chi connectivity index (χ1v) is 7.24. The number of hydrogen-bond donors (Lipinski definition) is 0. The highest BCUT2D eigenvalue weighted by Gasteiger charge is 2.03. The van der Waals surface area contributed by atoms with E-state index in [-0.39, 0.29) is 5.97 Å². The average Bonchev–Trinajstić information content (AvgIpc) is 2.17. The number of rotatable bonds is 2. The minimum absolute atomic E-state index is 0.295. The summed E-state index contributed by atoms with van der Waals surface area (Å²) in [4.78, 5) is 10.7. The number of benzene rings is 1. The molecule has 1 aromatic carbocycles. The van der Waals surface area contributed by atoms with Crippen molar-refractivity contribution in [2.75, 3.05) is 0 Å². The van der Waals surface area contributed by atoms with Crippen molar-refractivity contribution in [2.24, 2.45) is 0 Å². The van der Waals surface area contributed by atoms with Crippen molar-refractivity contribution in [1.82, 2.24) is 0 Å². The molecule has 0 aliphatic carbocycles. The number of carbonyl (C=O) groups excluding carboxylic acids is 1. The Bertz CT molecular complexity index is 392. The van der Waals surface area contributed by atoms with Crippen molar-refractivity contribution < 1.29 is 9.53 Å². The molecule has 0 aliphatic heterocycles. The summed E-state index contributed by atoms with van der Waals surface area (Å²) >= 11 is 6.84. The van der Waals surface area contributed by atoms with Crippen molar-refractivity contribution in [3.63, 3.8) is 0 Å². The lowest BCUT2D eigenvalue weighted by Gasteiger charge is -2.03. The largest absolute Gasteiger partial charge is 0.427 e. The normalized spacial score (nSPS) is 9.60. The van der Waals surface area contributed by atoms with Crippen LogP contribution in [0.5, 0.6) is 5.75 Å². The van der Waals surface area contributed by atoms with Gasteiger partial charge in [-0.1, -0.05) is 12.1 Å². The molecule has 0 saturated heterocycles. The maximum absolute atomic E-state index is 10.7. The lowest BCUT2D eigenvalue weighted by atomic mass is 10.2. The Hall–Kier alpha value is 0.620. The van der Waals surface area contributed by atoms with E-state index in [0.29, 0.717) is 5.75 Å². The molecule has 0 unspecified atom stereocenters. The van der Waals surface area contributed by atoms with Gasteiger partial charge in [-0.15, -0.1) is 0 Å². The first-order chi connectivity index (χ1) is 7.00. The fourth-order valence-corrected chi connectivity index (χ4v) is 1.93. The minimum atomic E-state index is -0.295. The molecule has 0 aliphatic rings. The van der Waals surface area contributed by atoms with Gasteiger partial charge in [-0.3, -0.25) is 4.79 Å². The summed E-state index contributed by atoms with van der Waals surface area (Å²) in [5, 5.41) is 0. The molecule has 0 amide bonds. The Balaban J connectivity index is 2.90. The second kappa shape index (κ2) is 6.38. The van der Waals surface area contributed by atoms with Crippen LogP contribution in [0.3, 0.4) is 0 Å². The van der Waals surface area contributed by atoms with Gasteiger partial charge in [0.15, 0.2) is 0 Å². The number of esters is 1. The minimum Gasteiger partial charge on any atom is -0.427 e. The van der Waals surface area contributed by atoms with Crippen molar-refractivity contribution in [3.05, 3.63) is 31.4 Å². The molecule has 0 fully saturated rings. The molecule has 0 N–H and O–H groups in total. The quantitative estimate of drug-likeness (QED) is 0.313. The predicted octanol–water partition coefficient (Wildman–Crippen LogP) is 4.54. The van der Waals surface area contributed by atoms with E-state index in [1.165, 1.54) is 12.1 Å². The Morgan fingerprint density at radius 3 is 2.07 bits per heavy atom. The Morgan fingerprint density at radius 2 is 1.67 bits per heavy atom. The van der Waals surface area contributed by atoms with E-state index in [9.17, 15) is 4.79 Å². The summed E-state index contributed by atoms with van der Waals surface area (Å²) < 4.78 is 7.36. The molecule has 0 saturated carbocycles. The maximum atomic E-state index is 10.7. The first kappa shape index (κ1) is 13.7. The van der Waals surface area contributed by atoms with Gasteiger partial charge in [0, 0.05) is 10.5 Å². The summed E-state index contributed by atoms with van der Waals surface area (Å²) in [6.07, 6.45) is 0. The third-order valence-electron chi connectivity index (χ3n) is 1.54. The predicted molar refractivity (Wildman–Crippen MR) is 86.7 cm³/mol.